The zero-order valence-electron chi connectivity index (χ0n) is 14.5. The molecule has 3 N–H and O–H groups in total. The second kappa shape index (κ2) is 8.07. The van der Waals surface area contributed by atoms with Crippen molar-refractivity contribution in [3.63, 3.8) is 0 Å². The molecule has 0 heterocycles. The van der Waals surface area contributed by atoms with Crippen LogP contribution in [0.2, 0.25) is 0 Å². The number of nitro groups is 1. The predicted octanol–water partition coefficient (Wildman–Crippen LogP) is 3.96. The Hall–Kier alpha value is -2.10. The van der Waals surface area contributed by atoms with Crippen LogP contribution in [0.4, 0.5) is 11.4 Å². The zero-order valence-corrected chi connectivity index (χ0v) is 16.1. The van der Waals surface area contributed by atoms with Crippen molar-refractivity contribution in [2.45, 2.75) is 41.4 Å². The molecule has 0 radical (unpaired) electrons. The largest absolute Gasteiger partial charge is 0.364 e. The van der Waals surface area contributed by atoms with Crippen molar-refractivity contribution >= 4 is 33.2 Å². The third kappa shape index (κ3) is 4.96. The lowest BCUT2D eigenvalue weighted by atomic mass is 10.1. The van der Waals surface area contributed by atoms with Crippen LogP contribution in [0.15, 0.2) is 58.3 Å². The molecule has 0 aliphatic heterocycles. The molecule has 1 unspecified atom stereocenters. The van der Waals surface area contributed by atoms with Crippen molar-refractivity contribution in [3.05, 3.63) is 58.6 Å². The van der Waals surface area contributed by atoms with Gasteiger partial charge < -0.3 is 5.32 Å². The van der Waals surface area contributed by atoms with E-state index in [2.05, 4.69) is 5.32 Å². The zero-order chi connectivity index (χ0) is 19.4. The van der Waals surface area contributed by atoms with Crippen LogP contribution >= 0.6 is 11.8 Å². The molecule has 0 bridgehead atoms. The van der Waals surface area contributed by atoms with E-state index >= 15 is 0 Å². The minimum absolute atomic E-state index is 0.0839. The average molecular weight is 396 g/mol. The number of nitrogens with two attached hydrogens (primary N) is 1. The van der Waals surface area contributed by atoms with E-state index in [0.717, 1.165) is 11.3 Å². The van der Waals surface area contributed by atoms with E-state index in [1.165, 1.54) is 30.0 Å². The van der Waals surface area contributed by atoms with Crippen LogP contribution in [-0.2, 0) is 10.0 Å². The van der Waals surface area contributed by atoms with Gasteiger partial charge in [0.1, 0.15) is 10.6 Å². The smallest absolute Gasteiger partial charge is 0.293 e. The van der Waals surface area contributed by atoms with Crippen LogP contribution in [0.1, 0.15) is 26.7 Å². The highest BCUT2D eigenvalue weighted by Crippen LogP contribution is 2.41. The molecular weight excluding hydrogens is 374 g/mol. The highest BCUT2D eigenvalue weighted by Gasteiger charge is 2.31. The lowest BCUT2D eigenvalue weighted by Gasteiger charge is -2.31. The fourth-order valence-electron chi connectivity index (χ4n) is 2.66. The Kier molecular flexibility index (Phi) is 6.27. The number of nitro benzene ring substituents is 1. The molecule has 0 aliphatic carbocycles. The number of para-hydroxylation sites is 1. The van der Waals surface area contributed by atoms with Gasteiger partial charge in [0.25, 0.3) is 5.69 Å². The maximum Gasteiger partial charge on any atom is 0.293 e. The Labute approximate surface area is 157 Å². The first-order valence-corrected chi connectivity index (χ1v) is 10.3. The van der Waals surface area contributed by atoms with Gasteiger partial charge in [-0.05, 0) is 31.5 Å². The highest BCUT2D eigenvalue weighted by molar-refractivity contribution is 8.00. The lowest BCUT2D eigenvalue weighted by molar-refractivity contribution is -0.384. The van der Waals surface area contributed by atoms with E-state index in [-0.39, 0.29) is 16.3 Å². The molecule has 7 nitrogen and oxygen atoms in total. The molecule has 0 amide bonds. The second-order valence-electron chi connectivity index (χ2n) is 5.97. The highest BCUT2D eigenvalue weighted by atomic mass is 32.2. The summed E-state index contributed by atoms with van der Waals surface area (Å²) in [6.45, 7) is 3.88. The van der Waals surface area contributed by atoms with E-state index in [0.29, 0.717) is 6.42 Å². The summed E-state index contributed by atoms with van der Waals surface area (Å²) < 4.78 is 23.9. The number of anilines is 1. The van der Waals surface area contributed by atoms with Crippen molar-refractivity contribution in [2.24, 2.45) is 5.14 Å². The van der Waals surface area contributed by atoms with Gasteiger partial charge in [0, 0.05) is 11.0 Å². The number of primary sulfonamides is 1. The van der Waals surface area contributed by atoms with Gasteiger partial charge in [-0.15, -0.1) is 0 Å². The predicted molar refractivity (Wildman–Crippen MR) is 104 cm³/mol. The number of rotatable bonds is 8. The molecule has 2 aromatic rings. The van der Waals surface area contributed by atoms with Crippen molar-refractivity contribution < 1.29 is 13.3 Å². The normalized spacial score (nSPS) is 13.8. The van der Waals surface area contributed by atoms with Crippen molar-refractivity contribution in [1.29, 1.82) is 0 Å². The Morgan fingerprint density at radius 1 is 1.19 bits per heavy atom. The maximum absolute atomic E-state index is 11.9. The first-order chi connectivity index (χ1) is 12.2. The molecule has 0 aliphatic rings. The van der Waals surface area contributed by atoms with E-state index in [4.69, 9.17) is 5.14 Å². The molecule has 9 heteroatoms. The monoisotopic (exact) mass is 395 g/mol. The van der Waals surface area contributed by atoms with Gasteiger partial charge in [-0.1, -0.05) is 49.4 Å². The van der Waals surface area contributed by atoms with E-state index in [9.17, 15) is 18.5 Å². The number of thioether (sulfide) groups is 1. The molecule has 0 saturated carbocycles. The minimum Gasteiger partial charge on any atom is -0.364 e. The summed E-state index contributed by atoms with van der Waals surface area (Å²) in [4.78, 5) is 10.8. The van der Waals surface area contributed by atoms with Crippen LogP contribution in [0.3, 0.4) is 0 Å². The number of nitrogens with one attached hydrogen (secondary N) is 1. The molecular formula is C17H21N3O4S2. The first-order valence-electron chi connectivity index (χ1n) is 7.99. The number of hydrogen-bond donors (Lipinski definition) is 2. The summed E-state index contributed by atoms with van der Waals surface area (Å²) >= 11 is 1.48. The molecule has 0 aromatic heterocycles. The molecule has 1 atom stereocenters. The lowest BCUT2D eigenvalue weighted by Crippen LogP contribution is -2.32. The quantitative estimate of drug-likeness (QED) is 0.302. The minimum atomic E-state index is -4.13. The van der Waals surface area contributed by atoms with E-state index < -0.39 is 19.8 Å². The number of benzene rings is 2. The fourth-order valence-corrected chi connectivity index (χ4v) is 4.64. The van der Waals surface area contributed by atoms with Gasteiger partial charge in [0.05, 0.1) is 9.79 Å². The summed E-state index contributed by atoms with van der Waals surface area (Å²) in [7, 11) is -4.13. The third-order valence-electron chi connectivity index (χ3n) is 3.71. The van der Waals surface area contributed by atoms with Gasteiger partial charge >= 0.3 is 0 Å². The fraction of sp³-hybridized carbons (Fsp3) is 0.294. The van der Waals surface area contributed by atoms with E-state index in [1.807, 2.05) is 44.2 Å². The van der Waals surface area contributed by atoms with Gasteiger partial charge in [0.15, 0.2) is 0 Å². The topological polar surface area (TPSA) is 115 Å². The van der Waals surface area contributed by atoms with Crippen LogP contribution < -0.4 is 10.5 Å². The summed E-state index contributed by atoms with van der Waals surface area (Å²) in [5.41, 5.74) is -0.410. The molecule has 2 aromatic carbocycles. The van der Waals surface area contributed by atoms with Crippen molar-refractivity contribution in [2.75, 3.05) is 5.32 Å². The summed E-state index contributed by atoms with van der Waals surface area (Å²) in [6.07, 6.45) is 1.46. The second-order valence-corrected chi connectivity index (χ2v) is 9.08. The van der Waals surface area contributed by atoms with Crippen LogP contribution in [0.25, 0.3) is 0 Å². The molecule has 0 fully saturated rings. The standard InChI is InChI=1S/C17H21N3O4S2/c1-3-12-17(2,25-13-8-5-4-6-9-13)19-16-14(20(21)22)10-7-11-15(16)26(18,23)24/h4-11,19H,3,12H2,1-2H3,(H2,18,23,24). The summed E-state index contributed by atoms with van der Waals surface area (Å²) in [5.74, 6) is 0. The van der Waals surface area contributed by atoms with Crippen LogP contribution in [0, 0.1) is 10.1 Å². The molecule has 140 valence electrons. The maximum atomic E-state index is 11.9. The Balaban J connectivity index is 2.52. The average Bonchev–Trinajstić information content (AvgIpc) is 2.54. The van der Waals surface area contributed by atoms with Crippen molar-refractivity contribution in [1.82, 2.24) is 0 Å². The van der Waals surface area contributed by atoms with Gasteiger partial charge in [0.2, 0.25) is 10.0 Å². The molecule has 26 heavy (non-hydrogen) atoms. The number of sulfonamides is 1. The first kappa shape index (κ1) is 20.2. The SMILES string of the molecule is CCCC(C)(Nc1c([N+](=O)[O-])cccc1S(N)(=O)=O)Sc1ccccc1. The summed E-state index contributed by atoms with van der Waals surface area (Å²) in [5, 5.41) is 19.8. The third-order valence-corrected chi connectivity index (χ3v) is 5.93. The summed E-state index contributed by atoms with van der Waals surface area (Å²) in [6, 6.07) is 13.4. The Bertz CT molecular complexity index is 888. The van der Waals surface area contributed by atoms with Gasteiger partial charge in [-0.2, -0.15) is 0 Å². The van der Waals surface area contributed by atoms with Gasteiger partial charge in [-0.25, -0.2) is 13.6 Å². The van der Waals surface area contributed by atoms with E-state index in [1.54, 1.807) is 0 Å². The molecule has 2 rings (SSSR count). The molecule has 0 spiro atoms. The van der Waals surface area contributed by atoms with Crippen molar-refractivity contribution in [3.8, 4) is 0 Å². The Morgan fingerprint density at radius 3 is 2.38 bits per heavy atom. The van der Waals surface area contributed by atoms with Crippen LogP contribution in [0.5, 0.6) is 0 Å². The molecule has 0 saturated heterocycles. The van der Waals surface area contributed by atoms with Gasteiger partial charge in [-0.3, -0.25) is 10.1 Å². The number of hydrogen-bond acceptors (Lipinski definition) is 6. The van der Waals surface area contributed by atoms with Crippen LogP contribution in [-0.4, -0.2) is 18.2 Å². The number of nitrogens with zero attached hydrogens (tertiary/aromatic N) is 1. The Morgan fingerprint density at radius 2 is 1.85 bits per heavy atom.